The Hall–Kier alpha value is -1.27. The van der Waals surface area contributed by atoms with Crippen molar-refractivity contribution in [2.45, 2.75) is 56.2 Å². The molecule has 1 saturated heterocycles. The maximum Gasteiger partial charge on any atom is 0.416 e. The van der Waals surface area contributed by atoms with Gasteiger partial charge in [0.05, 0.1) is 11.6 Å². The first kappa shape index (κ1) is 20.0. The van der Waals surface area contributed by atoms with Gasteiger partial charge in [0.2, 0.25) is 5.91 Å². The van der Waals surface area contributed by atoms with Crippen molar-refractivity contribution in [1.82, 2.24) is 10.6 Å². The van der Waals surface area contributed by atoms with Gasteiger partial charge in [0.25, 0.3) is 0 Å². The molecule has 25 heavy (non-hydrogen) atoms. The fourth-order valence-electron chi connectivity index (χ4n) is 3.65. The number of carbonyl (C=O) groups is 1. The first-order chi connectivity index (χ1) is 11.4. The van der Waals surface area contributed by atoms with E-state index in [0.29, 0.717) is 12.1 Å². The number of hydrogen-bond donors (Lipinski definition) is 2. The minimum absolute atomic E-state index is 0. The lowest BCUT2D eigenvalue weighted by atomic mass is 9.64. The van der Waals surface area contributed by atoms with Crippen molar-refractivity contribution in [3.8, 4) is 0 Å². The maximum absolute atomic E-state index is 13.0. The van der Waals surface area contributed by atoms with Gasteiger partial charge >= 0.3 is 6.18 Å². The summed E-state index contributed by atoms with van der Waals surface area (Å²) in [6, 6.07) is 5.38. The summed E-state index contributed by atoms with van der Waals surface area (Å²) in [5, 5.41) is 6.17. The summed E-state index contributed by atoms with van der Waals surface area (Å²) in [5.74, 6) is -0.0343. The first-order valence-corrected chi connectivity index (χ1v) is 8.60. The number of halogens is 4. The van der Waals surface area contributed by atoms with Gasteiger partial charge in [0, 0.05) is 12.0 Å². The molecule has 1 atom stereocenters. The van der Waals surface area contributed by atoms with Crippen LogP contribution < -0.4 is 10.6 Å². The number of carbonyl (C=O) groups excluding carboxylic acids is 1. The van der Waals surface area contributed by atoms with Gasteiger partial charge in [-0.1, -0.05) is 31.0 Å². The highest BCUT2D eigenvalue weighted by atomic mass is 35.5. The van der Waals surface area contributed by atoms with Gasteiger partial charge in [-0.2, -0.15) is 13.2 Å². The molecule has 140 valence electrons. The standard InChI is InChI=1S/C18H23F3N2O.ClH/c19-18(20,21)14-6-3-5-13(11-14)17(8-4-9-17)12-23-16(24)15-7-1-2-10-22-15;/h3,5-6,11,15,22H,1-2,4,7-10,12H2,(H,23,24);1H. The van der Waals surface area contributed by atoms with Crippen molar-refractivity contribution in [1.29, 1.82) is 0 Å². The Labute approximate surface area is 152 Å². The average Bonchev–Trinajstić information content (AvgIpc) is 2.54. The van der Waals surface area contributed by atoms with Crippen LogP contribution in [-0.4, -0.2) is 25.0 Å². The van der Waals surface area contributed by atoms with Crippen LogP contribution in [0.5, 0.6) is 0 Å². The van der Waals surface area contributed by atoms with Crippen LogP contribution in [0.4, 0.5) is 13.2 Å². The van der Waals surface area contributed by atoms with E-state index in [1.165, 1.54) is 12.1 Å². The molecule has 2 aliphatic rings. The van der Waals surface area contributed by atoms with E-state index in [9.17, 15) is 18.0 Å². The van der Waals surface area contributed by atoms with Crippen LogP contribution in [0, 0.1) is 0 Å². The number of hydrogen-bond acceptors (Lipinski definition) is 2. The minimum Gasteiger partial charge on any atom is -0.354 e. The third-order valence-corrected chi connectivity index (χ3v) is 5.34. The van der Waals surface area contributed by atoms with Crippen LogP contribution in [0.15, 0.2) is 24.3 Å². The molecule has 1 aliphatic carbocycles. The number of rotatable bonds is 4. The summed E-state index contributed by atoms with van der Waals surface area (Å²) in [4.78, 5) is 12.3. The summed E-state index contributed by atoms with van der Waals surface area (Å²) in [6.07, 6.45) is 1.20. The largest absolute Gasteiger partial charge is 0.416 e. The molecule has 1 aromatic carbocycles. The zero-order valence-corrected chi connectivity index (χ0v) is 14.8. The molecule has 1 aromatic rings. The van der Waals surface area contributed by atoms with Gasteiger partial charge in [-0.15, -0.1) is 12.4 Å². The quantitative estimate of drug-likeness (QED) is 0.839. The summed E-state index contributed by atoms with van der Waals surface area (Å²) in [7, 11) is 0. The Morgan fingerprint density at radius 3 is 2.56 bits per heavy atom. The number of alkyl halides is 3. The second-order valence-electron chi connectivity index (χ2n) is 6.93. The molecule has 1 unspecified atom stereocenters. The van der Waals surface area contributed by atoms with E-state index in [4.69, 9.17) is 0 Å². The second kappa shape index (κ2) is 7.96. The zero-order valence-electron chi connectivity index (χ0n) is 14.0. The Balaban J connectivity index is 0.00000225. The van der Waals surface area contributed by atoms with Crippen molar-refractivity contribution in [2.24, 2.45) is 0 Å². The highest BCUT2D eigenvalue weighted by molar-refractivity contribution is 5.85. The highest BCUT2D eigenvalue weighted by Crippen LogP contribution is 2.44. The molecule has 3 nitrogen and oxygen atoms in total. The van der Waals surface area contributed by atoms with Crippen molar-refractivity contribution < 1.29 is 18.0 Å². The predicted molar refractivity (Wildman–Crippen MR) is 92.9 cm³/mol. The Bertz CT molecular complexity index is 596. The van der Waals surface area contributed by atoms with E-state index < -0.39 is 11.7 Å². The fraction of sp³-hybridized carbons (Fsp3) is 0.611. The van der Waals surface area contributed by atoms with Crippen LogP contribution in [0.2, 0.25) is 0 Å². The van der Waals surface area contributed by atoms with Crippen molar-refractivity contribution >= 4 is 18.3 Å². The Kier molecular flexibility index (Phi) is 6.38. The third-order valence-electron chi connectivity index (χ3n) is 5.34. The average molecular weight is 377 g/mol. The lowest BCUT2D eigenvalue weighted by molar-refractivity contribution is -0.137. The number of amides is 1. The molecule has 0 bridgehead atoms. The molecule has 7 heteroatoms. The number of benzene rings is 1. The van der Waals surface area contributed by atoms with Crippen LogP contribution in [0.25, 0.3) is 0 Å². The molecule has 1 amide bonds. The van der Waals surface area contributed by atoms with Crippen molar-refractivity contribution in [2.75, 3.05) is 13.1 Å². The minimum atomic E-state index is -4.34. The van der Waals surface area contributed by atoms with Crippen LogP contribution >= 0.6 is 12.4 Å². The van der Waals surface area contributed by atoms with E-state index in [-0.39, 0.29) is 29.8 Å². The molecule has 0 radical (unpaired) electrons. The summed E-state index contributed by atoms with van der Waals surface area (Å²) in [5.41, 5.74) is -0.294. The Morgan fingerprint density at radius 1 is 1.24 bits per heavy atom. The van der Waals surface area contributed by atoms with Crippen LogP contribution in [0.3, 0.4) is 0 Å². The van der Waals surface area contributed by atoms with Gasteiger partial charge < -0.3 is 10.6 Å². The van der Waals surface area contributed by atoms with E-state index in [1.807, 2.05) is 0 Å². The van der Waals surface area contributed by atoms with Crippen LogP contribution in [-0.2, 0) is 16.4 Å². The summed E-state index contributed by atoms with van der Waals surface area (Å²) in [6.45, 7) is 1.25. The topological polar surface area (TPSA) is 41.1 Å². The van der Waals surface area contributed by atoms with E-state index in [2.05, 4.69) is 10.6 Å². The first-order valence-electron chi connectivity index (χ1n) is 8.60. The number of piperidine rings is 1. The fourth-order valence-corrected chi connectivity index (χ4v) is 3.65. The van der Waals surface area contributed by atoms with Crippen molar-refractivity contribution in [3.05, 3.63) is 35.4 Å². The third kappa shape index (κ3) is 4.47. The number of nitrogens with one attached hydrogen (secondary N) is 2. The summed E-state index contributed by atoms with van der Waals surface area (Å²) < 4.78 is 38.9. The maximum atomic E-state index is 13.0. The molecule has 0 spiro atoms. The second-order valence-corrected chi connectivity index (χ2v) is 6.93. The van der Waals surface area contributed by atoms with E-state index in [1.54, 1.807) is 6.07 Å². The lowest BCUT2D eigenvalue weighted by Crippen LogP contribution is -2.52. The molecular formula is C18H24ClF3N2O. The van der Waals surface area contributed by atoms with Gasteiger partial charge in [-0.25, -0.2) is 0 Å². The zero-order chi connectivity index (χ0) is 17.2. The molecule has 2 fully saturated rings. The molecule has 1 aliphatic heterocycles. The predicted octanol–water partition coefficient (Wildman–Crippen LogP) is 3.81. The van der Waals surface area contributed by atoms with Gasteiger partial charge in [0.15, 0.2) is 0 Å². The molecule has 1 heterocycles. The van der Waals surface area contributed by atoms with Gasteiger partial charge in [-0.3, -0.25) is 4.79 Å². The monoisotopic (exact) mass is 376 g/mol. The molecule has 3 rings (SSSR count). The highest BCUT2D eigenvalue weighted by Gasteiger charge is 2.41. The molecule has 2 N–H and O–H groups in total. The van der Waals surface area contributed by atoms with Gasteiger partial charge in [0.1, 0.15) is 0 Å². The smallest absolute Gasteiger partial charge is 0.354 e. The Morgan fingerprint density at radius 2 is 2.00 bits per heavy atom. The van der Waals surface area contributed by atoms with E-state index in [0.717, 1.165) is 51.1 Å². The van der Waals surface area contributed by atoms with Gasteiger partial charge in [-0.05, 0) is 43.9 Å². The van der Waals surface area contributed by atoms with E-state index >= 15 is 0 Å². The normalized spacial score (nSPS) is 22.4. The summed E-state index contributed by atoms with van der Waals surface area (Å²) >= 11 is 0. The molecule has 1 saturated carbocycles. The SMILES string of the molecule is Cl.O=C(NCC1(c2cccc(C(F)(F)F)c2)CCC1)C1CCCCN1. The molecule has 0 aromatic heterocycles. The molecular weight excluding hydrogens is 353 g/mol. The van der Waals surface area contributed by atoms with Crippen molar-refractivity contribution in [3.63, 3.8) is 0 Å². The lowest BCUT2D eigenvalue weighted by Gasteiger charge is -2.43. The van der Waals surface area contributed by atoms with Crippen LogP contribution in [0.1, 0.15) is 49.7 Å².